The number of rotatable bonds is 7. The van der Waals surface area contributed by atoms with Gasteiger partial charge in [0, 0.05) is 39.3 Å². The number of piperidine rings is 1. The first-order valence-electron chi connectivity index (χ1n) is 16.8. The van der Waals surface area contributed by atoms with E-state index in [4.69, 9.17) is 17.3 Å². The van der Waals surface area contributed by atoms with Gasteiger partial charge in [0.05, 0.1) is 57.8 Å². The van der Waals surface area contributed by atoms with Crippen LogP contribution in [-0.2, 0) is 17.5 Å². The minimum absolute atomic E-state index is 0.0000314. The number of halogens is 4. The van der Waals surface area contributed by atoms with Crippen molar-refractivity contribution in [3.05, 3.63) is 70.4 Å². The number of hydrogen-bond acceptors (Lipinski definition) is 9. The van der Waals surface area contributed by atoms with Crippen molar-refractivity contribution in [3.63, 3.8) is 0 Å². The summed E-state index contributed by atoms with van der Waals surface area (Å²) in [5.74, 6) is -1.09. The number of hydrogen-bond donors (Lipinski definition) is 6. The molecule has 3 fully saturated rings. The molecular formula is C34H36ClF3N10O4. The molecule has 0 aliphatic carbocycles. The average Bonchev–Trinajstić information content (AvgIpc) is 3.94. The van der Waals surface area contributed by atoms with Crippen LogP contribution in [0.5, 0.6) is 0 Å². The van der Waals surface area contributed by atoms with Crippen LogP contribution in [0.1, 0.15) is 57.9 Å². The van der Waals surface area contributed by atoms with E-state index < -0.39 is 23.9 Å². The number of aliphatic hydroxyl groups is 1. The number of nitrogen functional groups attached to an aromatic ring is 1. The molecule has 1 aromatic carbocycles. The molecule has 3 saturated heterocycles. The van der Waals surface area contributed by atoms with Gasteiger partial charge >= 0.3 is 6.18 Å². The number of β-amino-alcohol motifs (C(OH)–C–C–N with tert-alkyl or cyclic N) is 1. The predicted molar refractivity (Wildman–Crippen MR) is 183 cm³/mol. The van der Waals surface area contributed by atoms with Gasteiger partial charge in [0.25, 0.3) is 11.8 Å². The number of alkyl halides is 3. The van der Waals surface area contributed by atoms with Crippen LogP contribution in [0.3, 0.4) is 0 Å². The number of imidazole rings is 1. The van der Waals surface area contributed by atoms with Crippen molar-refractivity contribution in [2.75, 3.05) is 38.5 Å². The second-order valence-electron chi connectivity index (χ2n) is 13.6. The van der Waals surface area contributed by atoms with Gasteiger partial charge in [0.15, 0.2) is 5.82 Å². The van der Waals surface area contributed by atoms with E-state index in [1.807, 2.05) is 10.00 Å². The number of aromatic amines is 2. The Kier molecular flexibility index (Phi) is 9.43. The summed E-state index contributed by atoms with van der Waals surface area (Å²) in [7, 11) is 0. The molecule has 7 rings (SSSR count). The average molecular weight is 741 g/mol. The minimum atomic E-state index is -4.79. The number of nitrogens with one attached hydrogen (secondary N) is 4. The van der Waals surface area contributed by atoms with Crippen LogP contribution >= 0.6 is 11.6 Å². The number of nitrogens with zero attached hydrogens (tertiary/aromatic N) is 5. The molecule has 0 radical (unpaired) electrons. The number of nitrogens with two attached hydrogens (primary N) is 1. The topological polar surface area (TPSA) is 198 Å². The van der Waals surface area contributed by atoms with Crippen LogP contribution in [0.15, 0.2) is 42.7 Å². The monoisotopic (exact) mass is 740 g/mol. The highest BCUT2D eigenvalue weighted by Gasteiger charge is 2.45. The standard InChI is InChI=1S/C34H36ClF3N10O4/c35-22-11-18(1-3-21(22)31(51)47-8-5-33(6-9-47)7-10-48(17-33)32(52)24-12-20(49)15-41-24)13-43-30(50)29-42-16-25(44-29)26-27(23-4-2-19(39)14-40-23)45-46-28(26)34(36,37)38/h1-4,11,14,16,20,24,41,49H,5-10,12-13,15,17,39H2,(H,42,44)(H,43,50)(H,45,46)/t20-,24+/m1/s1. The SMILES string of the molecule is Nc1ccc(-c2n[nH]c(C(F)(F)F)c2-c2cnc(C(=O)NCc3ccc(C(=O)N4CCC5(CC4)CCN(C(=O)[C@@H]4C[C@@H](O)CN4)C5)c(Cl)c3)[nH]2)nc1. The van der Waals surface area contributed by atoms with Crippen molar-refractivity contribution < 1.29 is 32.7 Å². The molecule has 6 heterocycles. The van der Waals surface area contributed by atoms with Crippen molar-refractivity contribution in [1.82, 2.24) is 45.6 Å². The number of H-pyrrole nitrogens is 2. The molecule has 0 bridgehead atoms. The molecule has 7 N–H and O–H groups in total. The van der Waals surface area contributed by atoms with Gasteiger partial charge in [-0.25, -0.2) is 4.98 Å². The second-order valence-corrected chi connectivity index (χ2v) is 14.0. The van der Waals surface area contributed by atoms with Crippen LogP contribution in [0.25, 0.3) is 22.6 Å². The minimum Gasteiger partial charge on any atom is -0.397 e. The summed E-state index contributed by atoms with van der Waals surface area (Å²) >= 11 is 6.55. The van der Waals surface area contributed by atoms with Crippen LogP contribution in [-0.4, -0.2) is 103 Å². The summed E-state index contributed by atoms with van der Waals surface area (Å²) in [6.45, 7) is 2.79. The van der Waals surface area contributed by atoms with Crippen LogP contribution in [0.4, 0.5) is 18.9 Å². The van der Waals surface area contributed by atoms with E-state index in [0.717, 1.165) is 25.5 Å². The first-order valence-corrected chi connectivity index (χ1v) is 17.2. The van der Waals surface area contributed by atoms with Gasteiger partial charge in [-0.2, -0.15) is 18.3 Å². The van der Waals surface area contributed by atoms with Gasteiger partial charge in [-0.3, -0.25) is 24.5 Å². The van der Waals surface area contributed by atoms with Gasteiger partial charge in [-0.15, -0.1) is 0 Å². The number of aliphatic hydroxyl groups excluding tert-OH is 1. The molecule has 3 aromatic heterocycles. The number of carbonyl (C=O) groups excluding carboxylic acids is 3. The third-order valence-electron chi connectivity index (χ3n) is 10.1. The van der Waals surface area contributed by atoms with E-state index in [1.165, 1.54) is 18.3 Å². The molecule has 18 heteroatoms. The highest BCUT2D eigenvalue weighted by atomic mass is 35.5. The summed E-state index contributed by atoms with van der Waals surface area (Å²) < 4.78 is 41.7. The number of anilines is 1. The van der Waals surface area contributed by atoms with Crippen LogP contribution < -0.4 is 16.4 Å². The van der Waals surface area contributed by atoms with Crippen molar-refractivity contribution in [3.8, 4) is 22.6 Å². The lowest BCUT2D eigenvalue weighted by Gasteiger charge is -2.39. The summed E-state index contributed by atoms with van der Waals surface area (Å²) in [5, 5.41) is 21.6. The van der Waals surface area contributed by atoms with Gasteiger partial charge < -0.3 is 36.3 Å². The molecule has 52 heavy (non-hydrogen) atoms. The van der Waals surface area contributed by atoms with Gasteiger partial charge in [-0.05, 0) is 60.9 Å². The molecule has 2 atom stereocenters. The third-order valence-corrected chi connectivity index (χ3v) is 10.4. The maximum atomic E-state index is 13.9. The molecule has 274 valence electrons. The lowest BCUT2D eigenvalue weighted by Crippen LogP contribution is -2.46. The molecule has 3 amide bonds. The fourth-order valence-corrected chi connectivity index (χ4v) is 7.51. The fourth-order valence-electron chi connectivity index (χ4n) is 7.22. The number of carbonyl (C=O) groups is 3. The van der Waals surface area contributed by atoms with Crippen molar-refractivity contribution in [1.29, 1.82) is 0 Å². The van der Waals surface area contributed by atoms with Gasteiger partial charge in [0.2, 0.25) is 5.91 Å². The highest BCUT2D eigenvalue weighted by Crippen LogP contribution is 2.42. The van der Waals surface area contributed by atoms with Gasteiger partial charge in [0.1, 0.15) is 11.4 Å². The Morgan fingerprint density at radius 1 is 1.06 bits per heavy atom. The third kappa shape index (κ3) is 7.07. The van der Waals surface area contributed by atoms with Crippen LogP contribution in [0, 0.1) is 5.41 Å². The Morgan fingerprint density at radius 3 is 2.46 bits per heavy atom. The Labute approximate surface area is 300 Å². The van der Waals surface area contributed by atoms with E-state index in [2.05, 4.69) is 30.7 Å². The molecule has 1 spiro atoms. The second kappa shape index (κ2) is 13.9. The maximum absolute atomic E-state index is 13.9. The number of pyridine rings is 1. The Bertz CT molecular complexity index is 1990. The number of likely N-dealkylation sites (tertiary alicyclic amines) is 2. The first-order chi connectivity index (χ1) is 24.8. The van der Waals surface area contributed by atoms with Gasteiger partial charge in [-0.1, -0.05) is 17.7 Å². The zero-order valence-electron chi connectivity index (χ0n) is 27.8. The van der Waals surface area contributed by atoms with E-state index >= 15 is 0 Å². The molecule has 3 aliphatic heterocycles. The lowest BCUT2D eigenvalue weighted by atomic mass is 9.77. The maximum Gasteiger partial charge on any atom is 0.433 e. The fraction of sp³-hybridized carbons (Fsp3) is 0.412. The van der Waals surface area contributed by atoms with Crippen molar-refractivity contribution in [2.24, 2.45) is 5.41 Å². The Hall–Kier alpha value is -5.00. The zero-order valence-corrected chi connectivity index (χ0v) is 28.5. The summed E-state index contributed by atoms with van der Waals surface area (Å²) in [6, 6.07) is 7.41. The van der Waals surface area contributed by atoms with E-state index in [0.29, 0.717) is 56.0 Å². The molecule has 0 saturated carbocycles. The lowest BCUT2D eigenvalue weighted by molar-refractivity contribution is -0.140. The Morgan fingerprint density at radius 2 is 1.81 bits per heavy atom. The van der Waals surface area contributed by atoms with Crippen LogP contribution in [0.2, 0.25) is 5.02 Å². The normalized spacial score (nSPS) is 20.1. The largest absolute Gasteiger partial charge is 0.433 e. The molecule has 3 aliphatic rings. The number of amides is 3. The number of aromatic nitrogens is 5. The van der Waals surface area contributed by atoms with E-state index in [-0.39, 0.29) is 63.3 Å². The number of benzene rings is 1. The smallest absolute Gasteiger partial charge is 0.397 e. The summed E-state index contributed by atoms with van der Waals surface area (Å²) in [4.78, 5) is 53.8. The predicted octanol–water partition coefficient (Wildman–Crippen LogP) is 3.22. The van der Waals surface area contributed by atoms with Crippen molar-refractivity contribution in [2.45, 2.75) is 50.6 Å². The van der Waals surface area contributed by atoms with Crippen molar-refractivity contribution >= 4 is 35.0 Å². The quantitative estimate of drug-likeness (QED) is 0.165. The van der Waals surface area contributed by atoms with E-state index in [1.54, 1.807) is 23.1 Å². The summed E-state index contributed by atoms with van der Waals surface area (Å²) in [5.41, 5.74) is 5.30. The molecule has 14 nitrogen and oxygen atoms in total. The first kappa shape index (κ1) is 35.4. The molecular weight excluding hydrogens is 705 g/mol. The zero-order chi connectivity index (χ0) is 36.8. The summed E-state index contributed by atoms with van der Waals surface area (Å²) in [6.07, 6.45) is -0.0670. The van der Waals surface area contributed by atoms with E-state index in [9.17, 15) is 32.7 Å². The Balaban J connectivity index is 0.956. The molecule has 4 aromatic rings. The molecule has 0 unspecified atom stereocenters. The highest BCUT2D eigenvalue weighted by molar-refractivity contribution is 6.33.